The second-order valence-corrected chi connectivity index (χ2v) is 5.57. The quantitative estimate of drug-likeness (QED) is 0.480. The molecular weight excluding hydrogens is 276 g/mol. The van der Waals surface area contributed by atoms with Crippen LogP contribution in [0.1, 0.15) is 5.56 Å². The second-order valence-electron chi connectivity index (χ2n) is 3.87. The van der Waals surface area contributed by atoms with E-state index < -0.39 is 44.8 Å². The van der Waals surface area contributed by atoms with Crippen molar-refractivity contribution < 1.29 is 23.6 Å². The Balaban J connectivity index is 3.17. The fourth-order valence-corrected chi connectivity index (χ4v) is 2.94. The van der Waals surface area contributed by atoms with Crippen LogP contribution in [0, 0.1) is 17.0 Å². The van der Waals surface area contributed by atoms with E-state index in [0.717, 1.165) is 6.07 Å². The third kappa shape index (κ3) is 3.70. The van der Waals surface area contributed by atoms with Gasteiger partial charge in [-0.2, -0.15) is 0 Å². The van der Waals surface area contributed by atoms with E-state index in [2.05, 4.69) is 0 Å². The number of aliphatic hydroxyl groups is 2. The zero-order chi connectivity index (χ0) is 14.6. The third-order valence-corrected chi connectivity index (χ3v) is 3.99. The summed E-state index contributed by atoms with van der Waals surface area (Å²) >= 11 is 0. The van der Waals surface area contributed by atoms with E-state index >= 15 is 0 Å². The summed E-state index contributed by atoms with van der Waals surface area (Å²) in [6.45, 7) is 0.396. The summed E-state index contributed by atoms with van der Waals surface area (Å²) in [4.78, 5) is 9.61. The molecule has 1 aromatic carbocycles. The number of nitrogens with zero attached hydrogens (tertiary/aromatic N) is 1. The number of nitrogens with one attached hydrogen (secondary N) is 1. The average molecular weight is 290 g/mol. The molecule has 0 bridgehead atoms. The van der Waals surface area contributed by atoms with Gasteiger partial charge in [0.15, 0.2) is 4.90 Å². The summed E-state index contributed by atoms with van der Waals surface area (Å²) < 4.78 is 26.0. The van der Waals surface area contributed by atoms with Crippen molar-refractivity contribution in [2.75, 3.05) is 13.2 Å². The SMILES string of the molecule is Cc1cccc([N+](=O)[O-])c1S(=O)(=O)NCC(O)CO. The van der Waals surface area contributed by atoms with Gasteiger partial charge in [0.2, 0.25) is 10.0 Å². The molecule has 1 aromatic rings. The molecular formula is C10H14N2O6S. The summed E-state index contributed by atoms with van der Waals surface area (Å²) in [6, 6.07) is 3.91. The molecule has 0 saturated carbocycles. The van der Waals surface area contributed by atoms with Crippen LogP contribution in [0.25, 0.3) is 0 Å². The molecule has 0 aliphatic heterocycles. The Labute approximate surface area is 109 Å². The number of rotatable bonds is 6. The van der Waals surface area contributed by atoms with Crippen molar-refractivity contribution in [2.24, 2.45) is 0 Å². The van der Waals surface area contributed by atoms with Gasteiger partial charge < -0.3 is 10.2 Å². The summed E-state index contributed by atoms with van der Waals surface area (Å²) in [6.07, 6.45) is -1.27. The first-order valence-electron chi connectivity index (χ1n) is 5.32. The van der Waals surface area contributed by atoms with Crippen LogP contribution >= 0.6 is 0 Å². The lowest BCUT2D eigenvalue weighted by molar-refractivity contribution is -0.387. The molecule has 0 radical (unpaired) electrons. The fourth-order valence-electron chi connectivity index (χ4n) is 1.47. The van der Waals surface area contributed by atoms with Crippen molar-refractivity contribution in [1.82, 2.24) is 4.72 Å². The Hall–Kier alpha value is -1.55. The predicted octanol–water partition coefficient (Wildman–Crippen LogP) is -0.465. The van der Waals surface area contributed by atoms with Crippen molar-refractivity contribution in [1.29, 1.82) is 0 Å². The standard InChI is InChI=1S/C10H14N2O6S/c1-7-3-2-4-9(12(15)16)10(7)19(17,18)11-5-8(14)6-13/h2-4,8,11,13-14H,5-6H2,1H3. The van der Waals surface area contributed by atoms with Crippen molar-refractivity contribution >= 4 is 15.7 Å². The predicted molar refractivity (Wildman–Crippen MR) is 66.1 cm³/mol. The highest BCUT2D eigenvalue weighted by Gasteiger charge is 2.27. The summed E-state index contributed by atoms with van der Waals surface area (Å²) in [5.41, 5.74) is -0.314. The van der Waals surface area contributed by atoms with Crippen LogP contribution in [-0.2, 0) is 10.0 Å². The van der Waals surface area contributed by atoms with Crippen LogP contribution in [0.15, 0.2) is 23.1 Å². The van der Waals surface area contributed by atoms with Crippen molar-refractivity contribution in [3.63, 3.8) is 0 Å². The highest BCUT2D eigenvalue weighted by atomic mass is 32.2. The lowest BCUT2D eigenvalue weighted by Gasteiger charge is -2.11. The van der Waals surface area contributed by atoms with Crippen molar-refractivity contribution in [2.45, 2.75) is 17.9 Å². The lowest BCUT2D eigenvalue weighted by atomic mass is 10.2. The maximum atomic E-state index is 12.0. The van der Waals surface area contributed by atoms with Crippen LogP contribution in [0.3, 0.4) is 0 Å². The lowest BCUT2D eigenvalue weighted by Crippen LogP contribution is -2.34. The molecule has 19 heavy (non-hydrogen) atoms. The number of nitro benzene ring substituents is 1. The van der Waals surface area contributed by atoms with E-state index in [9.17, 15) is 18.5 Å². The highest BCUT2D eigenvalue weighted by Crippen LogP contribution is 2.26. The van der Waals surface area contributed by atoms with Gasteiger partial charge in [-0.3, -0.25) is 10.1 Å². The molecule has 0 spiro atoms. The van der Waals surface area contributed by atoms with Crippen LogP contribution in [0.4, 0.5) is 5.69 Å². The molecule has 106 valence electrons. The number of sulfonamides is 1. The zero-order valence-electron chi connectivity index (χ0n) is 10.1. The third-order valence-electron chi connectivity index (χ3n) is 2.38. The molecule has 1 rings (SSSR count). The van der Waals surface area contributed by atoms with Gasteiger partial charge in [0.25, 0.3) is 5.69 Å². The Morgan fingerprint density at radius 3 is 2.63 bits per heavy atom. The first kappa shape index (κ1) is 15.5. The van der Waals surface area contributed by atoms with Gasteiger partial charge in [-0.1, -0.05) is 12.1 Å². The molecule has 0 saturated heterocycles. The van der Waals surface area contributed by atoms with E-state index in [0.29, 0.717) is 0 Å². The Morgan fingerprint density at radius 1 is 1.47 bits per heavy atom. The number of aliphatic hydroxyl groups excluding tert-OH is 2. The van der Waals surface area contributed by atoms with Crippen molar-refractivity contribution in [3.05, 3.63) is 33.9 Å². The van der Waals surface area contributed by atoms with Crippen LogP contribution in [-0.4, -0.2) is 42.8 Å². The maximum absolute atomic E-state index is 12.0. The topological polar surface area (TPSA) is 130 Å². The monoisotopic (exact) mass is 290 g/mol. The molecule has 0 fully saturated rings. The Bertz CT molecular complexity index is 571. The number of benzene rings is 1. The molecule has 0 amide bonds. The van der Waals surface area contributed by atoms with Crippen molar-refractivity contribution in [3.8, 4) is 0 Å². The van der Waals surface area contributed by atoms with Gasteiger partial charge in [0.05, 0.1) is 17.6 Å². The average Bonchev–Trinajstić information content (AvgIpc) is 2.35. The number of hydrogen-bond acceptors (Lipinski definition) is 6. The number of nitro groups is 1. The molecule has 0 aromatic heterocycles. The highest BCUT2D eigenvalue weighted by molar-refractivity contribution is 7.89. The summed E-state index contributed by atoms with van der Waals surface area (Å²) in [7, 11) is -4.13. The van der Waals surface area contributed by atoms with E-state index in [-0.39, 0.29) is 5.56 Å². The molecule has 8 nitrogen and oxygen atoms in total. The van der Waals surface area contributed by atoms with Gasteiger partial charge in [0, 0.05) is 12.6 Å². The molecule has 9 heteroatoms. The minimum Gasteiger partial charge on any atom is -0.394 e. The molecule has 0 heterocycles. The van der Waals surface area contributed by atoms with Gasteiger partial charge in [0.1, 0.15) is 0 Å². The molecule has 1 atom stereocenters. The first-order chi connectivity index (χ1) is 8.79. The normalized spacial score (nSPS) is 13.2. The van der Waals surface area contributed by atoms with Gasteiger partial charge in [-0.25, -0.2) is 13.1 Å². The second kappa shape index (κ2) is 6.06. The first-order valence-corrected chi connectivity index (χ1v) is 6.80. The fraction of sp³-hybridized carbons (Fsp3) is 0.400. The molecule has 0 aliphatic carbocycles. The minimum absolute atomic E-state index is 0.222. The molecule has 1 unspecified atom stereocenters. The largest absolute Gasteiger partial charge is 0.394 e. The van der Waals surface area contributed by atoms with E-state index in [4.69, 9.17) is 10.2 Å². The zero-order valence-corrected chi connectivity index (χ0v) is 10.9. The minimum atomic E-state index is -4.13. The Morgan fingerprint density at radius 2 is 2.11 bits per heavy atom. The molecule has 3 N–H and O–H groups in total. The summed E-state index contributed by atoms with van der Waals surface area (Å²) in [5, 5.41) is 28.6. The van der Waals surface area contributed by atoms with Crippen LogP contribution < -0.4 is 4.72 Å². The smallest absolute Gasteiger partial charge is 0.289 e. The van der Waals surface area contributed by atoms with E-state index in [1.165, 1.54) is 19.1 Å². The van der Waals surface area contributed by atoms with Crippen LogP contribution in [0.2, 0.25) is 0 Å². The summed E-state index contributed by atoms with van der Waals surface area (Å²) in [5.74, 6) is 0. The van der Waals surface area contributed by atoms with E-state index in [1.54, 1.807) is 0 Å². The van der Waals surface area contributed by atoms with Gasteiger partial charge in [-0.05, 0) is 12.5 Å². The number of hydrogen-bond donors (Lipinski definition) is 3. The van der Waals surface area contributed by atoms with Gasteiger partial charge >= 0.3 is 0 Å². The number of aryl methyl sites for hydroxylation is 1. The maximum Gasteiger partial charge on any atom is 0.289 e. The molecule has 0 aliphatic rings. The van der Waals surface area contributed by atoms with Crippen LogP contribution in [0.5, 0.6) is 0 Å². The Kier molecular flexibility index (Phi) is 4.95. The van der Waals surface area contributed by atoms with Gasteiger partial charge in [-0.15, -0.1) is 0 Å². The van der Waals surface area contributed by atoms with E-state index in [1.807, 2.05) is 4.72 Å².